The summed E-state index contributed by atoms with van der Waals surface area (Å²) < 4.78 is 11.0. The van der Waals surface area contributed by atoms with Crippen molar-refractivity contribution in [2.24, 2.45) is 0 Å². The first-order valence-electron chi connectivity index (χ1n) is 7.06. The van der Waals surface area contributed by atoms with E-state index in [1.54, 1.807) is 4.90 Å². The number of carbonyl (C=O) groups is 1. The minimum atomic E-state index is -0.622. The molecule has 1 atom stereocenters. The molecule has 1 aromatic carbocycles. The Labute approximate surface area is 131 Å². The fraction of sp³-hybridized carbons (Fsp3) is 0.500. The number of likely N-dealkylation sites (tertiary alicyclic amines) is 1. The van der Waals surface area contributed by atoms with Crippen LogP contribution in [-0.2, 0) is 9.47 Å². The van der Waals surface area contributed by atoms with Crippen LogP contribution in [0, 0.1) is 10.1 Å². The lowest BCUT2D eigenvalue weighted by Crippen LogP contribution is -2.43. The summed E-state index contributed by atoms with van der Waals surface area (Å²) in [4.78, 5) is 24.9. The van der Waals surface area contributed by atoms with E-state index >= 15 is 0 Å². The Morgan fingerprint density at radius 1 is 1.36 bits per heavy atom. The Morgan fingerprint density at radius 3 is 2.77 bits per heavy atom. The second kappa shape index (κ2) is 6.20. The molecule has 0 aliphatic carbocycles. The van der Waals surface area contributed by atoms with Crippen LogP contribution in [0.15, 0.2) is 18.2 Å². The van der Waals surface area contributed by atoms with Crippen molar-refractivity contribution in [1.29, 1.82) is 0 Å². The number of nitro groups is 1. The highest BCUT2D eigenvalue weighted by atomic mass is 35.5. The van der Waals surface area contributed by atoms with E-state index in [0.29, 0.717) is 19.8 Å². The Kier molecular flexibility index (Phi) is 4.28. The van der Waals surface area contributed by atoms with Gasteiger partial charge in [0.2, 0.25) is 0 Å². The van der Waals surface area contributed by atoms with Gasteiger partial charge in [-0.2, -0.15) is 0 Å². The van der Waals surface area contributed by atoms with E-state index in [2.05, 4.69) is 0 Å². The Bertz CT molecular complexity index is 603. The van der Waals surface area contributed by atoms with E-state index in [9.17, 15) is 14.9 Å². The van der Waals surface area contributed by atoms with E-state index in [0.717, 1.165) is 12.8 Å². The fourth-order valence-corrected chi connectivity index (χ4v) is 3.20. The quantitative estimate of drug-likeness (QED) is 0.628. The van der Waals surface area contributed by atoms with Crippen molar-refractivity contribution < 1.29 is 19.2 Å². The van der Waals surface area contributed by atoms with E-state index < -0.39 is 17.1 Å². The van der Waals surface area contributed by atoms with Gasteiger partial charge < -0.3 is 14.4 Å². The normalized spacial score (nSPS) is 22.2. The van der Waals surface area contributed by atoms with Gasteiger partial charge >= 0.3 is 5.69 Å². The van der Waals surface area contributed by atoms with Gasteiger partial charge in [0.05, 0.1) is 24.2 Å². The average molecular weight is 327 g/mol. The number of halogens is 1. The maximum absolute atomic E-state index is 12.7. The molecule has 22 heavy (non-hydrogen) atoms. The molecule has 1 aromatic rings. The summed E-state index contributed by atoms with van der Waals surface area (Å²) in [6, 6.07) is 4.16. The second-order valence-corrected chi connectivity index (χ2v) is 5.62. The molecule has 2 saturated heterocycles. The lowest BCUT2D eigenvalue weighted by molar-refractivity contribution is -0.385. The SMILES string of the molecule is O=C(c1cccc(Cl)c1[N+](=O)[O-])N1CCC[C@H]1C1OCCO1. The summed E-state index contributed by atoms with van der Waals surface area (Å²) in [7, 11) is 0. The number of nitrogens with zero attached hydrogens (tertiary/aromatic N) is 2. The average Bonchev–Trinajstić information content (AvgIpc) is 3.16. The molecule has 0 N–H and O–H groups in total. The number of benzene rings is 1. The smallest absolute Gasteiger partial charge is 0.300 e. The molecule has 0 bridgehead atoms. The standard InChI is InChI=1S/C14H15ClN2O5/c15-10-4-1-3-9(12(10)17(19)20)13(18)16-6-2-5-11(16)14-21-7-8-22-14/h1,3-4,11,14H,2,5-8H2/t11-/m0/s1. The number of hydrogen-bond donors (Lipinski definition) is 0. The van der Waals surface area contributed by atoms with Gasteiger partial charge in [0.1, 0.15) is 10.6 Å². The Balaban J connectivity index is 1.90. The lowest BCUT2D eigenvalue weighted by atomic mass is 10.1. The largest absolute Gasteiger partial charge is 0.348 e. The molecule has 0 saturated carbocycles. The third-order valence-electron chi connectivity index (χ3n) is 3.92. The number of rotatable bonds is 3. The molecule has 2 fully saturated rings. The van der Waals surface area contributed by atoms with Crippen LogP contribution >= 0.6 is 11.6 Å². The summed E-state index contributed by atoms with van der Waals surface area (Å²) in [6.45, 7) is 1.53. The van der Waals surface area contributed by atoms with E-state index in [1.807, 2.05) is 0 Å². The van der Waals surface area contributed by atoms with Gasteiger partial charge in [-0.25, -0.2) is 0 Å². The van der Waals surface area contributed by atoms with Crippen molar-refractivity contribution in [2.75, 3.05) is 19.8 Å². The molecule has 2 aliphatic heterocycles. The fourth-order valence-electron chi connectivity index (χ4n) is 2.95. The number of hydrogen-bond acceptors (Lipinski definition) is 5. The number of nitro benzene ring substituents is 1. The van der Waals surface area contributed by atoms with Gasteiger partial charge in [0.25, 0.3) is 5.91 Å². The van der Waals surface area contributed by atoms with Crippen LogP contribution in [0.1, 0.15) is 23.2 Å². The molecule has 3 rings (SSSR count). The van der Waals surface area contributed by atoms with Gasteiger partial charge in [0.15, 0.2) is 6.29 Å². The van der Waals surface area contributed by atoms with Crippen molar-refractivity contribution in [3.8, 4) is 0 Å². The summed E-state index contributed by atoms with van der Waals surface area (Å²) in [6.07, 6.45) is 1.11. The third-order valence-corrected chi connectivity index (χ3v) is 4.23. The summed E-state index contributed by atoms with van der Waals surface area (Å²) >= 11 is 5.88. The summed E-state index contributed by atoms with van der Waals surface area (Å²) in [5, 5.41) is 11.2. The van der Waals surface area contributed by atoms with Crippen molar-refractivity contribution in [1.82, 2.24) is 4.90 Å². The third kappa shape index (κ3) is 2.67. The zero-order valence-electron chi connectivity index (χ0n) is 11.7. The van der Waals surface area contributed by atoms with Gasteiger partial charge in [-0.15, -0.1) is 0 Å². The lowest BCUT2D eigenvalue weighted by Gasteiger charge is -2.28. The van der Waals surface area contributed by atoms with Crippen molar-refractivity contribution in [2.45, 2.75) is 25.2 Å². The minimum Gasteiger partial charge on any atom is -0.348 e. The Morgan fingerprint density at radius 2 is 2.09 bits per heavy atom. The minimum absolute atomic E-state index is 0.00222. The van der Waals surface area contributed by atoms with Crippen molar-refractivity contribution in [3.05, 3.63) is 38.9 Å². The number of carbonyl (C=O) groups excluding carboxylic acids is 1. The van der Waals surface area contributed by atoms with Gasteiger partial charge in [-0.05, 0) is 25.0 Å². The molecule has 0 radical (unpaired) electrons. The van der Waals surface area contributed by atoms with E-state index in [-0.39, 0.29) is 22.3 Å². The molecule has 1 amide bonds. The highest BCUT2D eigenvalue weighted by Crippen LogP contribution is 2.32. The predicted octanol–water partition coefficient (Wildman–Crippen LogP) is 2.23. The summed E-state index contributed by atoms with van der Waals surface area (Å²) in [5.74, 6) is -0.407. The predicted molar refractivity (Wildman–Crippen MR) is 77.9 cm³/mol. The van der Waals surface area contributed by atoms with E-state index in [4.69, 9.17) is 21.1 Å². The molecule has 8 heteroatoms. The number of ether oxygens (including phenoxy) is 2. The molecule has 0 spiro atoms. The van der Waals surface area contributed by atoms with Crippen molar-refractivity contribution >= 4 is 23.2 Å². The maximum atomic E-state index is 12.7. The van der Waals surface area contributed by atoms with Gasteiger partial charge in [-0.1, -0.05) is 17.7 Å². The molecule has 7 nitrogen and oxygen atoms in total. The number of para-hydroxylation sites is 1. The van der Waals surface area contributed by atoms with Crippen LogP contribution in [0.25, 0.3) is 0 Å². The Hall–Kier alpha value is -1.70. The highest BCUT2D eigenvalue weighted by molar-refractivity contribution is 6.33. The first-order chi connectivity index (χ1) is 10.6. The molecular formula is C14H15ClN2O5. The molecule has 0 unspecified atom stereocenters. The monoisotopic (exact) mass is 326 g/mol. The molecular weight excluding hydrogens is 312 g/mol. The van der Waals surface area contributed by atoms with Crippen LogP contribution in [0.5, 0.6) is 0 Å². The van der Waals surface area contributed by atoms with Crippen LogP contribution in [0.2, 0.25) is 5.02 Å². The maximum Gasteiger partial charge on any atom is 0.300 e. The molecule has 2 heterocycles. The molecule has 0 aromatic heterocycles. The van der Waals surface area contributed by atoms with Crippen LogP contribution in [-0.4, -0.2) is 47.8 Å². The highest BCUT2D eigenvalue weighted by Gasteiger charge is 2.40. The second-order valence-electron chi connectivity index (χ2n) is 5.21. The first kappa shape index (κ1) is 15.2. The summed E-state index contributed by atoms with van der Waals surface area (Å²) in [5.41, 5.74) is -0.351. The van der Waals surface area contributed by atoms with Gasteiger partial charge in [0, 0.05) is 6.54 Å². The van der Waals surface area contributed by atoms with Crippen LogP contribution in [0.3, 0.4) is 0 Å². The zero-order valence-corrected chi connectivity index (χ0v) is 12.5. The molecule has 118 valence electrons. The van der Waals surface area contributed by atoms with E-state index in [1.165, 1.54) is 18.2 Å². The first-order valence-corrected chi connectivity index (χ1v) is 7.44. The van der Waals surface area contributed by atoms with Crippen LogP contribution < -0.4 is 0 Å². The molecule has 2 aliphatic rings. The number of amides is 1. The van der Waals surface area contributed by atoms with Crippen molar-refractivity contribution in [3.63, 3.8) is 0 Å². The topological polar surface area (TPSA) is 81.9 Å². The van der Waals surface area contributed by atoms with Crippen LogP contribution in [0.4, 0.5) is 5.69 Å². The zero-order chi connectivity index (χ0) is 15.7. The van der Waals surface area contributed by atoms with Gasteiger partial charge in [-0.3, -0.25) is 14.9 Å².